The molecule has 0 saturated heterocycles. The van der Waals surface area contributed by atoms with Crippen LogP contribution in [-0.4, -0.2) is 30.8 Å². The van der Waals surface area contributed by atoms with Crippen LogP contribution in [-0.2, 0) is 12.8 Å². The average molecular weight is 552 g/mol. The molecular formula is C32H33N5O4. The lowest BCUT2D eigenvalue weighted by Gasteiger charge is -2.16. The van der Waals surface area contributed by atoms with E-state index in [9.17, 15) is 9.59 Å². The normalized spacial score (nSPS) is 11.2. The monoisotopic (exact) mass is 551 g/mol. The Morgan fingerprint density at radius 1 is 1.00 bits per heavy atom. The number of ether oxygens (including phenoxy) is 1. The fraction of sp³-hybridized carbons (Fsp3) is 0.281. The molecule has 0 amide bonds. The quantitative estimate of drug-likeness (QED) is 0.238. The van der Waals surface area contributed by atoms with Crippen molar-refractivity contribution in [3.8, 4) is 34.1 Å². The Kier molecular flexibility index (Phi) is 8.24. The standard InChI is InChI=1S/C32H33N5O4/c1-5-6-11-28-27(31(38)37(21(4)34-28)24-16-17-29(33-19-24)40-20(2)3)18-22-12-14-23(15-13-22)25-9-7-8-10-26(25)30-35-32(39)41-36-30/h7-10,12-17,19-20H,5-6,11,18H2,1-4H3,(H,35,36,39). The molecule has 1 N–H and O–H groups in total. The number of hydrogen-bond acceptors (Lipinski definition) is 7. The van der Waals surface area contributed by atoms with E-state index in [0.29, 0.717) is 35.2 Å². The van der Waals surface area contributed by atoms with Gasteiger partial charge in [0.25, 0.3) is 5.56 Å². The topological polar surface area (TPSA) is 116 Å². The van der Waals surface area contributed by atoms with Gasteiger partial charge in [-0.1, -0.05) is 67.0 Å². The van der Waals surface area contributed by atoms with Crippen LogP contribution >= 0.6 is 0 Å². The fourth-order valence-electron chi connectivity index (χ4n) is 4.86. The molecule has 5 rings (SSSR count). The van der Waals surface area contributed by atoms with E-state index in [2.05, 4.69) is 22.0 Å². The summed E-state index contributed by atoms with van der Waals surface area (Å²) < 4.78 is 12.0. The van der Waals surface area contributed by atoms with Gasteiger partial charge in [-0.2, -0.15) is 0 Å². The molecule has 0 unspecified atom stereocenters. The first kappa shape index (κ1) is 27.8. The third kappa shape index (κ3) is 6.19. The largest absolute Gasteiger partial charge is 0.475 e. The number of nitrogens with zero attached hydrogens (tertiary/aromatic N) is 4. The van der Waals surface area contributed by atoms with Gasteiger partial charge in [-0.15, -0.1) is 0 Å². The van der Waals surface area contributed by atoms with Crippen LogP contribution in [0.4, 0.5) is 0 Å². The third-order valence-corrected chi connectivity index (χ3v) is 6.80. The molecule has 0 radical (unpaired) electrons. The van der Waals surface area contributed by atoms with Crippen LogP contribution in [0.25, 0.3) is 28.2 Å². The second kappa shape index (κ2) is 12.2. The molecule has 210 valence electrons. The fourth-order valence-corrected chi connectivity index (χ4v) is 4.86. The van der Waals surface area contributed by atoms with E-state index in [-0.39, 0.29) is 11.7 Å². The van der Waals surface area contributed by atoms with Crippen molar-refractivity contribution in [1.29, 1.82) is 0 Å². The number of aromatic nitrogens is 5. The van der Waals surface area contributed by atoms with Crippen molar-refractivity contribution >= 4 is 0 Å². The average Bonchev–Trinajstić information content (AvgIpc) is 3.40. The molecule has 0 spiro atoms. The molecule has 3 heterocycles. The first-order valence-corrected chi connectivity index (χ1v) is 13.8. The first-order valence-electron chi connectivity index (χ1n) is 13.8. The Morgan fingerprint density at radius 2 is 1.76 bits per heavy atom. The summed E-state index contributed by atoms with van der Waals surface area (Å²) in [7, 11) is 0. The summed E-state index contributed by atoms with van der Waals surface area (Å²) in [5.41, 5.74) is 5.69. The zero-order valence-corrected chi connectivity index (χ0v) is 23.7. The van der Waals surface area contributed by atoms with Gasteiger partial charge in [0.2, 0.25) is 5.88 Å². The number of pyridine rings is 1. The number of rotatable bonds is 10. The zero-order valence-electron chi connectivity index (χ0n) is 23.7. The van der Waals surface area contributed by atoms with Gasteiger partial charge in [0.15, 0.2) is 5.82 Å². The van der Waals surface area contributed by atoms with Gasteiger partial charge in [0.05, 0.1) is 23.7 Å². The second-order valence-electron chi connectivity index (χ2n) is 10.2. The summed E-state index contributed by atoms with van der Waals surface area (Å²) in [6.45, 7) is 7.87. The number of H-pyrrole nitrogens is 1. The Balaban J connectivity index is 1.49. The Morgan fingerprint density at radius 3 is 2.39 bits per heavy atom. The molecule has 3 aromatic heterocycles. The zero-order chi connectivity index (χ0) is 28.9. The maximum absolute atomic E-state index is 14.0. The number of aryl methyl sites for hydroxylation is 2. The van der Waals surface area contributed by atoms with Gasteiger partial charge >= 0.3 is 5.76 Å². The predicted molar refractivity (Wildman–Crippen MR) is 158 cm³/mol. The summed E-state index contributed by atoms with van der Waals surface area (Å²) >= 11 is 0. The molecule has 0 aliphatic rings. The van der Waals surface area contributed by atoms with E-state index in [4.69, 9.17) is 14.2 Å². The molecule has 0 aliphatic heterocycles. The van der Waals surface area contributed by atoms with Crippen molar-refractivity contribution < 1.29 is 9.26 Å². The molecule has 0 aliphatic carbocycles. The van der Waals surface area contributed by atoms with Crippen LogP contribution in [0.3, 0.4) is 0 Å². The van der Waals surface area contributed by atoms with Crippen molar-refractivity contribution in [1.82, 2.24) is 24.7 Å². The minimum absolute atomic E-state index is 0.00939. The van der Waals surface area contributed by atoms with Gasteiger partial charge in [-0.05, 0) is 56.4 Å². The van der Waals surface area contributed by atoms with Crippen LogP contribution in [0.2, 0.25) is 0 Å². The molecule has 0 bridgehead atoms. The molecule has 9 heteroatoms. The lowest BCUT2D eigenvalue weighted by molar-refractivity contribution is 0.232. The number of benzene rings is 2. The summed E-state index contributed by atoms with van der Waals surface area (Å²) in [5.74, 6) is 0.914. The summed E-state index contributed by atoms with van der Waals surface area (Å²) in [6.07, 6.45) is 4.81. The number of unbranched alkanes of at least 4 members (excludes halogenated alkanes) is 1. The first-order chi connectivity index (χ1) is 19.8. The molecule has 0 fully saturated rings. The molecule has 0 saturated carbocycles. The van der Waals surface area contributed by atoms with Crippen LogP contribution in [0.15, 0.2) is 81.0 Å². The minimum Gasteiger partial charge on any atom is -0.475 e. The van der Waals surface area contributed by atoms with Crippen molar-refractivity contribution in [3.63, 3.8) is 0 Å². The van der Waals surface area contributed by atoms with Crippen LogP contribution in [0.1, 0.15) is 56.3 Å². The van der Waals surface area contributed by atoms with Crippen molar-refractivity contribution in [3.05, 3.63) is 110 Å². The lowest BCUT2D eigenvalue weighted by atomic mass is 9.96. The van der Waals surface area contributed by atoms with Gasteiger partial charge in [-0.3, -0.25) is 18.9 Å². The van der Waals surface area contributed by atoms with Crippen molar-refractivity contribution in [2.24, 2.45) is 0 Å². The predicted octanol–water partition coefficient (Wildman–Crippen LogP) is 5.67. The van der Waals surface area contributed by atoms with Crippen molar-refractivity contribution in [2.75, 3.05) is 0 Å². The van der Waals surface area contributed by atoms with Crippen molar-refractivity contribution in [2.45, 2.75) is 59.5 Å². The van der Waals surface area contributed by atoms with E-state index in [1.165, 1.54) is 0 Å². The summed E-state index contributed by atoms with van der Waals surface area (Å²) in [4.78, 5) is 37.4. The van der Waals surface area contributed by atoms with Gasteiger partial charge < -0.3 is 4.74 Å². The molecular weight excluding hydrogens is 518 g/mol. The second-order valence-corrected chi connectivity index (χ2v) is 10.2. The molecule has 0 atom stereocenters. The Hall–Kier alpha value is -4.79. The SMILES string of the molecule is CCCCc1nc(C)n(-c2ccc(OC(C)C)nc2)c(=O)c1Cc1ccc(-c2ccccc2-c2noc(=O)[nH]2)cc1. The maximum Gasteiger partial charge on any atom is 0.439 e. The molecule has 2 aromatic carbocycles. The van der Waals surface area contributed by atoms with Crippen LogP contribution in [0, 0.1) is 6.92 Å². The number of nitrogens with one attached hydrogen (secondary N) is 1. The molecule has 5 aromatic rings. The highest BCUT2D eigenvalue weighted by Gasteiger charge is 2.17. The lowest BCUT2D eigenvalue weighted by Crippen LogP contribution is -2.28. The Bertz CT molecular complexity index is 1750. The van der Waals surface area contributed by atoms with Crippen LogP contribution in [0.5, 0.6) is 5.88 Å². The Labute approximate surface area is 237 Å². The highest BCUT2D eigenvalue weighted by Crippen LogP contribution is 2.30. The van der Waals surface area contributed by atoms with E-state index in [0.717, 1.165) is 47.2 Å². The van der Waals surface area contributed by atoms with E-state index < -0.39 is 5.76 Å². The van der Waals surface area contributed by atoms with Gasteiger partial charge in [0.1, 0.15) is 5.82 Å². The van der Waals surface area contributed by atoms with Gasteiger partial charge in [-0.25, -0.2) is 14.8 Å². The highest BCUT2D eigenvalue weighted by atomic mass is 16.5. The maximum atomic E-state index is 14.0. The minimum atomic E-state index is -0.600. The number of hydrogen-bond donors (Lipinski definition) is 1. The van der Waals surface area contributed by atoms with Crippen LogP contribution < -0.4 is 16.1 Å². The third-order valence-electron chi connectivity index (χ3n) is 6.80. The summed E-state index contributed by atoms with van der Waals surface area (Å²) in [5, 5.41) is 3.85. The van der Waals surface area contributed by atoms with Gasteiger partial charge in [0, 0.05) is 23.6 Å². The molecule has 9 nitrogen and oxygen atoms in total. The smallest absolute Gasteiger partial charge is 0.439 e. The molecule has 41 heavy (non-hydrogen) atoms. The summed E-state index contributed by atoms with van der Waals surface area (Å²) in [6, 6.07) is 19.3. The number of aromatic amines is 1. The van der Waals surface area contributed by atoms with E-state index in [1.54, 1.807) is 16.8 Å². The highest BCUT2D eigenvalue weighted by molar-refractivity contribution is 5.80. The van der Waals surface area contributed by atoms with E-state index in [1.807, 2.05) is 75.4 Å². The van der Waals surface area contributed by atoms with E-state index >= 15 is 0 Å².